The fourth-order valence-electron chi connectivity index (χ4n) is 8.02. The van der Waals surface area contributed by atoms with Crippen LogP contribution in [0.2, 0.25) is 0 Å². The Morgan fingerprint density at radius 3 is 1.50 bits per heavy atom. The van der Waals surface area contributed by atoms with Gasteiger partial charge in [0.2, 0.25) is 0 Å². The van der Waals surface area contributed by atoms with Crippen molar-refractivity contribution in [1.29, 1.82) is 0 Å². The number of rotatable bonds is 12. The third-order valence-corrected chi connectivity index (χ3v) is 10.7. The van der Waals surface area contributed by atoms with Gasteiger partial charge in [0.15, 0.2) is 0 Å². The number of hydrogen-bond acceptors (Lipinski definition) is 12. The molecule has 6 rings (SSSR count). The number of aryl methyl sites for hydroxylation is 2. The summed E-state index contributed by atoms with van der Waals surface area (Å²) in [5, 5.41) is 41.5. The number of benzene rings is 3. The van der Waals surface area contributed by atoms with E-state index in [1.807, 2.05) is 20.8 Å². The molecule has 6 N–H and O–H groups in total. The number of fused-ring (bicyclic) bond motifs is 3. The molecular formula is C45H63N9O6. The summed E-state index contributed by atoms with van der Waals surface area (Å²) in [6.07, 6.45) is 10.5. The summed E-state index contributed by atoms with van der Waals surface area (Å²) in [6, 6.07) is 25.6. The molecule has 3 aromatic carbocycles. The first-order valence-corrected chi connectivity index (χ1v) is 20.9. The number of para-hydroxylation sites is 1. The van der Waals surface area contributed by atoms with Crippen LogP contribution in [-0.4, -0.2) is 126 Å². The molecule has 0 unspecified atom stereocenters. The Hall–Kier alpha value is -5.80. The number of oxime groups is 3. The van der Waals surface area contributed by atoms with Gasteiger partial charge in [-0.25, -0.2) is 0 Å². The molecule has 3 atom stereocenters. The van der Waals surface area contributed by atoms with Crippen LogP contribution in [0.25, 0.3) is 0 Å². The smallest absolute Gasteiger partial charge is 0.266 e. The zero-order valence-corrected chi connectivity index (χ0v) is 35.2. The topological polar surface area (TPSA) is 195 Å². The molecule has 0 fully saturated rings. The van der Waals surface area contributed by atoms with Crippen molar-refractivity contribution in [2.24, 2.45) is 15.5 Å². The minimum Gasteiger partial charge on any atom is -0.411 e. The highest BCUT2D eigenvalue weighted by Crippen LogP contribution is 2.26. The molecular weight excluding hydrogens is 763 g/mol. The molecule has 0 saturated carbocycles. The van der Waals surface area contributed by atoms with Crippen molar-refractivity contribution >= 4 is 42.1 Å². The van der Waals surface area contributed by atoms with Crippen molar-refractivity contribution in [2.75, 3.05) is 50.7 Å². The minimum atomic E-state index is -0.372. The van der Waals surface area contributed by atoms with E-state index < -0.39 is 0 Å². The van der Waals surface area contributed by atoms with Crippen LogP contribution in [0.4, 0.5) is 5.69 Å². The third-order valence-electron chi connectivity index (χ3n) is 10.7. The van der Waals surface area contributed by atoms with Crippen LogP contribution in [0, 0.1) is 0 Å². The van der Waals surface area contributed by atoms with E-state index in [-0.39, 0.29) is 35.8 Å². The molecule has 324 valence electrons. The molecule has 15 nitrogen and oxygen atoms in total. The Bertz CT molecular complexity index is 1860. The second-order valence-corrected chi connectivity index (χ2v) is 15.7. The summed E-state index contributed by atoms with van der Waals surface area (Å²) in [7, 11) is 0. The zero-order chi connectivity index (χ0) is 43.1. The van der Waals surface area contributed by atoms with Gasteiger partial charge in [0.1, 0.15) is 18.6 Å². The first kappa shape index (κ1) is 46.9. The largest absolute Gasteiger partial charge is 0.411 e. The van der Waals surface area contributed by atoms with Crippen molar-refractivity contribution in [2.45, 2.75) is 90.4 Å². The van der Waals surface area contributed by atoms with E-state index in [9.17, 15) is 14.4 Å². The standard InChI is InChI=1S/3C15H21N3O2/c1-12(17-15(19)10-16-20)11-18-9-5-4-7-13-6-2-3-8-14(13)18;1-12(17-15(19)9-16-20)10-18-8-4-7-13-5-2-3-6-14(13)11-18;1-12(17-15(19)10-16-20)11-18-8-6-13-4-2-3-5-14(13)7-9-18/h2-3,6,8,10,12,20H,4-5,7,9,11H2,1H3,(H,17,19);2-3,5-6,9,12,20H,4,7-8,10-11H2,1H3,(H,17,19);2-5,10,12,20H,6-9,11H2,1H3,(H,17,19)/b16-10+;16-9+;16-10+/t3*12-/m000/s1. The highest BCUT2D eigenvalue weighted by atomic mass is 16.4. The van der Waals surface area contributed by atoms with Gasteiger partial charge in [0, 0.05) is 69.6 Å². The Labute approximate surface area is 354 Å². The van der Waals surface area contributed by atoms with Gasteiger partial charge in [-0.05, 0) is 106 Å². The van der Waals surface area contributed by atoms with Crippen molar-refractivity contribution in [3.05, 3.63) is 101 Å². The molecule has 0 spiro atoms. The lowest BCUT2D eigenvalue weighted by molar-refractivity contribution is -0.116. The Balaban J connectivity index is 0.000000198. The van der Waals surface area contributed by atoms with E-state index >= 15 is 0 Å². The molecule has 3 heterocycles. The van der Waals surface area contributed by atoms with E-state index in [4.69, 9.17) is 15.6 Å². The van der Waals surface area contributed by atoms with Crippen molar-refractivity contribution in [3.8, 4) is 0 Å². The maximum Gasteiger partial charge on any atom is 0.266 e. The van der Waals surface area contributed by atoms with E-state index in [1.54, 1.807) is 0 Å². The van der Waals surface area contributed by atoms with Gasteiger partial charge < -0.3 is 41.4 Å². The molecule has 3 amide bonds. The predicted molar refractivity (Wildman–Crippen MR) is 236 cm³/mol. The number of carbonyl (C=O) groups is 3. The molecule has 15 heteroatoms. The summed E-state index contributed by atoms with van der Waals surface area (Å²) in [5.74, 6) is -1.10. The summed E-state index contributed by atoms with van der Waals surface area (Å²) >= 11 is 0. The second-order valence-electron chi connectivity index (χ2n) is 15.7. The van der Waals surface area contributed by atoms with Gasteiger partial charge in [-0.15, -0.1) is 0 Å². The lowest BCUT2D eigenvalue weighted by atomic mass is 10.0. The quantitative estimate of drug-likeness (QED) is 0.0880. The number of anilines is 1. The Morgan fingerprint density at radius 1 is 0.533 bits per heavy atom. The zero-order valence-electron chi connectivity index (χ0n) is 35.2. The maximum absolute atomic E-state index is 11.4. The number of amides is 3. The third kappa shape index (κ3) is 16.5. The van der Waals surface area contributed by atoms with Crippen molar-refractivity contribution < 1.29 is 30.0 Å². The summed E-state index contributed by atoms with van der Waals surface area (Å²) in [4.78, 5) is 41.0. The van der Waals surface area contributed by atoms with Crippen LogP contribution in [0.15, 0.2) is 88.3 Å². The molecule has 3 aliphatic heterocycles. The first-order chi connectivity index (χ1) is 29.1. The molecule has 0 saturated heterocycles. The van der Waals surface area contributed by atoms with Crippen LogP contribution in [0.3, 0.4) is 0 Å². The number of hydrogen-bond donors (Lipinski definition) is 6. The summed E-state index contributed by atoms with van der Waals surface area (Å²) < 4.78 is 0. The average Bonchev–Trinajstić information content (AvgIpc) is 3.65. The Morgan fingerprint density at radius 2 is 0.967 bits per heavy atom. The molecule has 0 aromatic heterocycles. The summed E-state index contributed by atoms with van der Waals surface area (Å²) in [5.41, 5.74) is 8.31. The fourth-order valence-corrected chi connectivity index (χ4v) is 8.02. The van der Waals surface area contributed by atoms with Crippen LogP contribution < -0.4 is 20.9 Å². The molecule has 3 aromatic rings. The van der Waals surface area contributed by atoms with Gasteiger partial charge in [-0.2, -0.15) is 0 Å². The maximum atomic E-state index is 11.4. The average molecular weight is 826 g/mol. The van der Waals surface area contributed by atoms with E-state index in [0.29, 0.717) is 0 Å². The van der Waals surface area contributed by atoms with Gasteiger partial charge in [0.25, 0.3) is 17.7 Å². The van der Waals surface area contributed by atoms with Crippen LogP contribution >= 0.6 is 0 Å². The fraction of sp³-hybridized carbons (Fsp3) is 0.467. The lowest BCUT2D eigenvalue weighted by Gasteiger charge is -2.28. The second kappa shape index (κ2) is 25.6. The van der Waals surface area contributed by atoms with E-state index in [0.717, 1.165) is 110 Å². The highest BCUT2D eigenvalue weighted by molar-refractivity contribution is 6.26. The molecule has 3 aliphatic rings. The lowest BCUT2D eigenvalue weighted by Crippen LogP contribution is -2.43. The van der Waals surface area contributed by atoms with Crippen LogP contribution in [0.1, 0.15) is 67.9 Å². The molecule has 0 bridgehead atoms. The van der Waals surface area contributed by atoms with Gasteiger partial charge in [0.05, 0.1) is 0 Å². The summed E-state index contributed by atoms with van der Waals surface area (Å²) in [6.45, 7) is 13.2. The van der Waals surface area contributed by atoms with Gasteiger partial charge in [-0.1, -0.05) is 82.2 Å². The number of nitrogens with one attached hydrogen (secondary N) is 3. The van der Waals surface area contributed by atoms with Crippen LogP contribution in [0.5, 0.6) is 0 Å². The van der Waals surface area contributed by atoms with Crippen LogP contribution in [-0.2, 0) is 46.6 Å². The first-order valence-electron chi connectivity index (χ1n) is 20.9. The normalized spacial score (nSPS) is 17.1. The van der Waals surface area contributed by atoms with E-state index in [2.05, 4.69) is 119 Å². The monoisotopic (exact) mass is 825 g/mol. The molecule has 60 heavy (non-hydrogen) atoms. The van der Waals surface area contributed by atoms with E-state index in [1.165, 1.54) is 39.9 Å². The molecule has 0 aliphatic carbocycles. The minimum absolute atomic E-state index is 0.00773. The van der Waals surface area contributed by atoms with Gasteiger partial charge >= 0.3 is 0 Å². The Kier molecular flexibility index (Phi) is 20.0. The van der Waals surface area contributed by atoms with Crippen molar-refractivity contribution in [3.63, 3.8) is 0 Å². The highest BCUT2D eigenvalue weighted by Gasteiger charge is 2.19. The number of carbonyl (C=O) groups excluding carboxylic acids is 3. The number of nitrogens with zero attached hydrogens (tertiary/aromatic N) is 6. The predicted octanol–water partition coefficient (Wildman–Crippen LogP) is 4.25. The SMILES string of the molecule is C[C@@H](CN1CCCCc2ccccc21)NC(=O)/C=N/O.C[C@@H](CN1CCCc2ccccc2C1)NC(=O)/C=N/O.C[C@@H](CN1CCc2ccccc2CC1)NC(=O)/C=N/O. The molecule has 0 radical (unpaired) electrons. The van der Waals surface area contributed by atoms with Gasteiger partial charge in [-0.3, -0.25) is 19.3 Å². The van der Waals surface area contributed by atoms with Crippen molar-refractivity contribution in [1.82, 2.24) is 25.8 Å².